The monoisotopic (exact) mass is 336 g/mol. The number of anilines is 1. The second-order valence-electron chi connectivity index (χ2n) is 4.71. The molecule has 0 heterocycles. The van der Waals surface area contributed by atoms with Crippen molar-refractivity contribution in [3.8, 4) is 0 Å². The van der Waals surface area contributed by atoms with Crippen LogP contribution in [0, 0.1) is 17.0 Å². The Morgan fingerprint density at radius 1 is 1.22 bits per heavy atom. The highest BCUT2D eigenvalue weighted by Crippen LogP contribution is 2.25. The number of hydrogen-bond donors (Lipinski definition) is 2. The average molecular weight is 336 g/mol. The van der Waals surface area contributed by atoms with Crippen molar-refractivity contribution in [2.45, 2.75) is 11.8 Å². The van der Waals surface area contributed by atoms with Crippen molar-refractivity contribution in [2.75, 3.05) is 4.72 Å². The Morgan fingerprint density at radius 3 is 2.48 bits per heavy atom. The molecule has 2 aromatic carbocycles. The van der Waals surface area contributed by atoms with Crippen molar-refractivity contribution < 1.29 is 23.2 Å². The van der Waals surface area contributed by atoms with Crippen LogP contribution >= 0.6 is 0 Å². The predicted octanol–water partition coefficient (Wildman–Crippen LogP) is 2.40. The first kappa shape index (κ1) is 16.4. The van der Waals surface area contributed by atoms with Crippen LogP contribution in [0.1, 0.15) is 15.9 Å². The summed E-state index contributed by atoms with van der Waals surface area (Å²) in [6, 6.07) is 8.94. The molecule has 9 heteroatoms. The number of rotatable bonds is 5. The fourth-order valence-electron chi connectivity index (χ4n) is 1.90. The van der Waals surface area contributed by atoms with Crippen LogP contribution in [0.2, 0.25) is 0 Å². The molecule has 0 aliphatic carbocycles. The number of nitro benzene ring substituents is 1. The minimum atomic E-state index is -4.01. The maximum atomic E-state index is 12.3. The minimum Gasteiger partial charge on any atom is -0.478 e. The van der Waals surface area contributed by atoms with Gasteiger partial charge in [0.15, 0.2) is 0 Å². The summed E-state index contributed by atoms with van der Waals surface area (Å²) in [6.45, 7) is 1.72. The molecule has 0 bridgehead atoms. The van der Waals surface area contributed by atoms with Gasteiger partial charge < -0.3 is 5.11 Å². The number of benzene rings is 2. The molecule has 120 valence electrons. The Kier molecular flexibility index (Phi) is 4.32. The number of carboxylic acids is 1. The van der Waals surface area contributed by atoms with E-state index in [9.17, 15) is 23.3 Å². The van der Waals surface area contributed by atoms with E-state index in [4.69, 9.17) is 5.11 Å². The highest BCUT2D eigenvalue weighted by atomic mass is 32.2. The van der Waals surface area contributed by atoms with E-state index in [0.717, 1.165) is 23.8 Å². The number of non-ortho nitro benzene ring substituents is 1. The summed E-state index contributed by atoms with van der Waals surface area (Å²) >= 11 is 0. The number of nitro groups is 1. The Labute approximate surface area is 131 Å². The molecule has 0 saturated heterocycles. The lowest BCUT2D eigenvalue weighted by Gasteiger charge is -2.11. The molecule has 0 saturated carbocycles. The van der Waals surface area contributed by atoms with Gasteiger partial charge in [0.05, 0.1) is 21.1 Å². The number of sulfonamides is 1. The first-order chi connectivity index (χ1) is 10.7. The van der Waals surface area contributed by atoms with E-state index in [0.29, 0.717) is 0 Å². The number of hydrogen-bond acceptors (Lipinski definition) is 5. The molecule has 0 aromatic heterocycles. The number of nitrogens with one attached hydrogen (secondary N) is 1. The number of aromatic carboxylic acids is 1. The van der Waals surface area contributed by atoms with Gasteiger partial charge in [0.1, 0.15) is 0 Å². The Morgan fingerprint density at radius 2 is 1.91 bits per heavy atom. The van der Waals surface area contributed by atoms with Crippen molar-refractivity contribution in [1.82, 2.24) is 0 Å². The molecule has 0 aliphatic rings. The molecule has 2 rings (SSSR count). The summed E-state index contributed by atoms with van der Waals surface area (Å²) < 4.78 is 26.8. The molecule has 0 radical (unpaired) electrons. The second-order valence-corrected chi connectivity index (χ2v) is 6.40. The van der Waals surface area contributed by atoms with Gasteiger partial charge in [-0.2, -0.15) is 0 Å². The van der Waals surface area contributed by atoms with Crippen LogP contribution in [0.4, 0.5) is 11.4 Å². The van der Waals surface area contributed by atoms with Gasteiger partial charge >= 0.3 is 5.97 Å². The molecule has 8 nitrogen and oxygen atoms in total. The molecule has 0 spiro atoms. The fraction of sp³-hybridized carbons (Fsp3) is 0.0714. The normalized spacial score (nSPS) is 11.0. The summed E-state index contributed by atoms with van der Waals surface area (Å²) in [5.74, 6) is -1.48. The SMILES string of the molecule is Cc1cccc(S(=O)(=O)Nc2ccc([N+](=O)[O-])cc2C(=O)O)c1. The lowest BCUT2D eigenvalue weighted by atomic mass is 10.1. The Hall–Kier alpha value is -2.94. The maximum Gasteiger partial charge on any atom is 0.338 e. The van der Waals surface area contributed by atoms with E-state index in [1.54, 1.807) is 19.1 Å². The molecular weight excluding hydrogens is 324 g/mol. The number of carboxylic acid groups (broad SMARTS) is 1. The van der Waals surface area contributed by atoms with Gasteiger partial charge in [-0.05, 0) is 30.7 Å². The predicted molar refractivity (Wildman–Crippen MR) is 82.0 cm³/mol. The molecule has 2 N–H and O–H groups in total. The minimum absolute atomic E-state index is 0.0350. The van der Waals surface area contributed by atoms with E-state index < -0.39 is 32.2 Å². The van der Waals surface area contributed by atoms with Gasteiger partial charge in [-0.25, -0.2) is 13.2 Å². The summed E-state index contributed by atoms with van der Waals surface area (Å²) in [5.41, 5.74) is -0.476. The molecule has 0 unspecified atom stereocenters. The fourth-order valence-corrected chi connectivity index (χ4v) is 3.08. The van der Waals surface area contributed by atoms with Gasteiger partial charge in [-0.1, -0.05) is 12.1 Å². The molecule has 23 heavy (non-hydrogen) atoms. The van der Waals surface area contributed by atoms with E-state index >= 15 is 0 Å². The first-order valence-corrected chi connectivity index (χ1v) is 7.80. The zero-order valence-electron chi connectivity index (χ0n) is 11.9. The zero-order valence-corrected chi connectivity index (χ0v) is 12.7. The number of nitrogens with zero attached hydrogens (tertiary/aromatic N) is 1. The van der Waals surface area contributed by atoms with Crippen LogP contribution in [-0.2, 0) is 10.0 Å². The van der Waals surface area contributed by atoms with Crippen LogP contribution in [-0.4, -0.2) is 24.4 Å². The molecule has 0 atom stereocenters. The van der Waals surface area contributed by atoms with E-state index in [1.165, 1.54) is 12.1 Å². The van der Waals surface area contributed by atoms with Gasteiger partial charge in [0.2, 0.25) is 0 Å². The largest absolute Gasteiger partial charge is 0.478 e. The van der Waals surface area contributed by atoms with Crippen LogP contribution in [0.25, 0.3) is 0 Å². The maximum absolute atomic E-state index is 12.3. The smallest absolute Gasteiger partial charge is 0.338 e. The molecular formula is C14H12N2O6S. The van der Waals surface area contributed by atoms with E-state index in [-0.39, 0.29) is 10.6 Å². The summed E-state index contributed by atoms with van der Waals surface area (Å²) in [5, 5.41) is 19.8. The van der Waals surface area contributed by atoms with Crippen LogP contribution in [0.3, 0.4) is 0 Å². The standard InChI is InChI=1S/C14H12N2O6S/c1-9-3-2-4-11(7-9)23(21,22)15-13-6-5-10(16(19)20)8-12(13)14(17)18/h2-8,15H,1H3,(H,17,18). The first-order valence-electron chi connectivity index (χ1n) is 6.32. The van der Waals surface area contributed by atoms with E-state index in [2.05, 4.69) is 4.72 Å². The van der Waals surface area contributed by atoms with Gasteiger partial charge in [0, 0.05) is 12.1 Å². The Balaban J connectivity index is 2.47. The number of carbonyl (C=O) groups is 1. The highest BCUT2D eigenvalue weighted by molar-refractivity contribution is 7.92. The van der Waals surface area contributed by atoms with Crippen LogP contribution < -0.4 is 4.72 Å². The topological polar surface area (TPSA) is 127 Å². The lowest BCUT2D eigenvalue weighted by Crippen LogP contribution is -2.16. The van der Waals surface area contributed by atoms with Gasteiger partial charge in [0.25, 0.3) is 15.7 Å². The molecule has 2 aromatic rings. The van der Waals surface area contributed by atoms with Crippen molar-refractivity contribution in [3.05, 3.63) is 63.7 Å². The Bertz CT molecular complexity index is 892. The zero-order chi connectivity index (χ0) is 17.2. The van der Waals surface area contributed by atoms with Crippen molar-refractivity contribution >= 4 is 27.4 Å². The summed E-state index contributed by atoms with van der Waals surface area (Å²) in [7, 11) is -4.01. The third kappa shape index (κ3) is 3.64. The van der Waals surface area contributed by atoms with Crippen LogP contribution in [0.15, 0.2) is 47.4 Å². The molecule has 0 aliphatic heterocycles. The third-order valence-electron chi connectivity index (χ3n) is 2.99. The molecule has 0 amide bonds. The number of aryl methyl sites for hydroxylation is 1. The molecule has 0 fully saturated rings. The van der Waals surface area contributed by atoms with Crippen molar-refractivity contribution in [2.24, 2.45) is 0 Å². The van der Waals surface area contributed by atoms with Crippen molar-refractivity contribution in [3.63, 3.8) is 0 Å². The average Bonchev–Trinajstić information content (AvgIpc) is 2.46. The van der Waals surface area contributed by atoms with Crippen molar-refractivity contribution in [1.29, 1.82) is 0 Å². The van der Waals surface area contributed by atoms with Crippen LogP contribution in [0.5, 0.6) is 0 Å². The summed E-state index contributed by atoms with van der Waals surface area (Å²) in [4.78, 5) is 21.1. The quantitative estimate of drug-likeness (QED) is 0.637. The lowest BCUT2D eigenvalue weighted by molar-refractivity contribution is -0.384. The highest BCUT2D eigenvalue weighted by Gasteiger charge is 2.21. The summed E-state index contributed by atoms with van der Waals surface area (Å²) in [6.07, 6.45) is 0. The van der Waals surface area contributed by atoms with Gasteiger partial charge in [-0.3, -0.25) is 14.8 Å². The third-order valence-corrected chi connectivity index (χ3v) is 4.35. The second kappa shape index (κ2) is 6.05. The van der Waals surface area contributed by atoms with E-state index in [1.807, 2.05) is 0 Å². The van der Waals surface area contributed by atoms with Gasteiger partial charge in [-0.15, -0.1) is 0 Å².